The first-order chi connectivity index (χ1) is 9.74. The number of aromatic nitrogens is 1. The highest BCUT2D eigenvalue weighted by Gasteiger charge is 2.41. The first-order valence-corrected chi connectivity index (χ1v) is 6.76. The van der Waals surface area contributed by atoms with Gasteiger partial charge in [0.25, 0.3) is 0 Å². The minimum absolute atomic E-state index is 0.367. The summed E-state index contributed by atoms with van der Waals surface area (Å²) in [6, 6.07) is 0.848. The first-order valence-electron chi connectivity index (χ1n) is 6.76. The van der Waals surface area contributed by atoms with Crippen LogP contribution in [0.15, 0.2) is 18.5 Å². The fourth-order valence-electron chi connectivity index (χ4n) is 2.52. The van der Waals surface area contributed by atoms with Crippen LogP contribution in [0, 0.1) is 0 Å². The van der Waals surface area contributed by atoms with Gasteiger partial charge in [0, 0.05) is 38.6 Å². The molecule has 0 atom stereocenters. The van der Waals surface area contributed by atoms with Gasteiger partial charge in [-0.05, 0) is 19.9 Å². The number of carbonyl (C=O) groups excluding carboxylic acids is 1. The van der Waals surface area contributed by atoms with E-state index in [2.05, 4.69) is 10.3 Å². The number of ketones is 1. The van der Waals surface area contributed by atoms with Crippen molar-refractivity contribution in [1.82, 2.24) is 15.2 Å². The van der Waals surface area contributed by atoms with E-state index in [-0.39, 0.29) is 5.56 Å². The quantitative estimate of drug-likeness (QED) is 0.867. The van der Waals surface area contributed by atoms with Gasteiger partial charge in [0.1, 0.15) is 0 Å². The molecule has 0 saturated carbocycles. The summed E-state index contributed by atoms with van der Waals surface area (Å²) in [4.78, 5) is 18.2. The van der Waals surface area contributed by atoms with E-state index in [1.807, 2.05) is 4.90 Å². The van der Waals surface area contributed by atoms with Crippen molar-refractivity contribution >= 4 is 5.78 Å². The number of nitrogens with zero attached hydrogens (tertiary/aromatic N) is 2. The van der Waals surface area contributed by atoms with Gasteiger partial charge >= 0.3 is 6.18 Å². The van der Waals surface area contributed by atoms with Gasteiger partial charge in [0.05, 0.1) is 16.7 Å². The second-order valence-corrected chi connectivity index (χ2v) is 5.54. The smallest absolute Gasteiger partial charge is 0.314 e. The molecule has 21 heavy (non-hydrogen) atoms. The zero-order valence-electron chi connectivity index (χ0n) is 12.0. The normalized spacial score (nSPS) is 17.8. The lowest BCUT2D eigenvalue weighted by Gasteiger charge is -2.40. The van der Waals surface area contributed by atoms with Crippen molar-refractivity contribution in [1.29, 1.82) is 0 Å². The van der Waals surface area contributed by atoms with E-state index in [0.717, 1.165) is 31.5 Å². The Bertz CT molecular complexity index is 522. The number of carbonyl (C=O) groups is 1. The largest absolute Gasteiger partial charge is 0.417 e. The van der Waals surface area contributed by atoms with Gasteiger partial charge in [0.2, 0.25) is 0 Å². The molecular formula is C14H18F3N3O. The molecule has 1 saturated heterocycles. The van der Waals surface area contributed by atoms with E-state index in [1.54, 1.807) is 13.8 Å². The number of alkyl halides is 3. The van der Waals surface area contributed by atoms with Gasteiger partial charge in [-0.2, -0.15) is 13.2 Å². The average Bonchev–Trinajstić information content (AvgIpc) is 2.46. The summed E-state index contributed by atoms with van der Waals surface area (Å²) in [7, 11) is 0. The molecule has 2 rings (SSSR count). The SMILES string of the molecule is CC(C)(C(=O)c1cnccc1C(F)(F)F)N1CCNCC1. The minimum Gasteiger partial charge on any atom is -0.314 e. The standard InChI is InChI=1S/C14H18F3N3O/c1-13(2,20-7-5-18-6-8-20)12(21)10-9-19-4-3-11(10)14(15,16)17/h3-4,9,18H,5-8H2,1-2H3. The maximum absolute atomic E-state index is 13.0. The van der Waals surface area contributed by atoms with Crippen molar-refractivity contribution in [3.63, 3.8) is 0 Å². The van der Waals surface area contributed by atoms with E-state index in [1.165, 1.54) is 0 Å². The van der Waals surface area contributed by atoms with Crippen LogP contribution in [0.1, 0.15) is 29.8 Å². The Balaban J connectivity index is 2.35. The third-order valence-corrected chi connectivity index (χ3v) is 3.83. The molecule has 1 N–H and O–H groups in total. The number of hydrogen-bond donors (Lipinski definition) is 1. The van der Waals surface area contributed by atoms with E-state index in [0.29, 0.717) is 13.1 Å². The van der Waals surface area contributed by atoms with Gasteiger partial charge < -0.3 is 5.32 Å². The molecule has 0 spiro atoms. The Kier molecular flexibility index (Phi) is 4.34. The Morgan fingerprint density at radius 3 is 2.48 bits per heavy atom. The molecule has 1 aliphatic rings. The molecule has 1 fully saturated rings. The number of piperazine rings is 1. The summed E-state index contributed by atoms with van der Waals surface area (Å²) in [5.74, 6) is -0.551. The second kappa shape index (κ2) is 5.73. The van der Waals surface area contributed by atoms with E-state index >= 15 is 0 Å². The lowest BCUT2D eigenvalue weighted by Crippen LogP contribution is -2.57. The van der Waals surface area contributed by atoms with Gasteiger partial charge in [0.15, 0.2) is 5.78 Å². The Hall–Kier alpha value is -1.47. The molecule has 116 valence electrons. The zero-order valence-corrected chi connectivity index (χ0v) is 12.0. The highest BCUT2D eigenvalue weighted by molar-refractivity contribution is 6.03. The van der Waals surface area contributed by atoms with Gasteiger partial charge in [-0.25, -0.2) is 0 Å². The maximum Gasteiger partial charge on any atom is 0.417 e. The molecule has 0 aromatic carbocycles. The topological polar surface area (TPSA) is 45.2 Å². The van der Waals surface area contributed by atoms with Crippen LogP contribution in [0.5, 0.6) is 0 Å². The maximum atomic E-state index is 13.0. The molecule has 1 aromatic rings. The van der Waals surface area contributed by atoms with Crippen molar-refractivity contribution in [3.8, 4) is 0 Å². The third-order valence-electron chi connectivity index (χ3n) is 3.83. The summed E-state index contributed by atoms with van der Waals surface area (Å²) in [5.41, 5.74) is -2.29. The number of halogens is 3. The van der Waals surface area contributed by atoms with Gasteiger partial charge in [-0.15, -0.1) is 0 Å². The number of nitrogens with one attached hydrogen (secondary N) is 1. The highest BCUT2D eigenvalue weighted by Crippen LogP contribution is 2.33. The summed E-state index contributed by atoms with van der Waals surface area (Å²) in [6.45, 7) is 6.01. The summed E-state index contributed by atoms with van der Waals surface area (Å²) in [5, 5.41) is 3.16. The van der Waals surface area contributed by atoms with Crippen molar-refractivity contribution in [2.75, 3.05) is 26.2 Å². The second-order valence-electron chi connectivity index (χ2n) is 5.54. The predicted octanol–water partition coefficient (Wildman–Crippen LogP) is 1.97. The molecule has 0 aliphatic carbocycles. The van der Waals surface area contributed by atoms with Crippen molar-refractivity contribution in [3.05, 3.63) is 29.6 Å². The van der Waals surface area contributed by atoms with Crippen LogP contribution in [-0.2, 0) is 6.18 Å². The van der Waals surface area contributed by atoms with E-state index in [4.69, 9.17) is 0 Å². The monoisotopic (exact) mass is 301 g/mol. The Morgan fingerprint density at radius 1 is 1.29 bits per heavy atom. The van der Waals surface area contributed by atoms with E-state index in [9.17, 15) is 18.0 Å². The predicted molar refractivity (Wildman–Crippen MR) is 72.1 cm³/mol. The van der Waals surface area contributed by atoms with Crippen LogP contribution < -0.4 is 5.32 Å². The van der Waals surface area contributed by atoms with Gasteiger partial charge in [-0.3, -0.25) is 14.7 Å². The van der Waals surface area contributed by atoms with Crippen molar-refractivity contribution in [2.24, 2.45) is 0 Å². The van der Waals surface area contributed by atoms with Crippen LogP contribution in [0.2, 0.25) is 0 Å². The Labute approximate surface area is 121 Å². The van der Waals surface area contributed by atoms with Crippen molar-refractivity contribution < 1.29 is 18.0 Å². The number of rotatable bonds is 3. The fourth-order valence-corrected chi connectivity index (χ4v) is 2.52. The van der Waals surface area contributed by atoms with Crippen LogP contribution >= 0.6 is 0 Å². The third kappa shape index (κ3) is 3.24. The number of hydrogen-bond acceptors (Lipinski definition) is 4. The highest BCUT2D eigenvalue weighted by atomic mass is 19.4. The molecule has 1 aromatic heterocycles. The minimum atomic E-state index is -4.56. The lowest BCUT2D eigenvalue weighted by molar-refractivity contribution is -0.138. The molecular weight excluding hydrogens is 283 g/mol. The Morgan fingerprint density at radius 2 is 1.90 bits per heavy atom. The number of Topliss-reactive ketones (excluding diaryl/α,β-unsaturated/α-hetero) is 1. The van der Waals surface area contributed by atoms with Crippen LogP contribution in [0.3, 0.4) is 0 Å². The summed E-state index contributed by atoms with van der Waals surface area (Å²) in [6.07, 6.45) is -2.50. The summed E-state index contributed by atoms with van der Waals surface area (Å²) < 4.78 is 39.1. The molecule has 0 radical (unpaired) electrons. The zero-order chi connectivity index (χ0) is 15.7. The molecule has 2 heterocycles. The first kappa shape index (κ1) is 15.9. The van der Waals surface area contributed by atoms with E-state index < -0.39 is 23.1 Å². The van der Waals surface area contributed by atoms with Crippen molar-refractivity contribution in [2.45, 2.75) is 25.6 Å². The molecule has 0 bridgehead atoms. The lowest BCUT2D eigenvalue weighted by atomic mass is 9.89. The molecule has 0 amide bonds. The fraction of sp³-hybridized carbons (Fsp3) is 0.571. The summed E-state index contributed by atoms with van der Waals surface area (Å²) >= 11 is 0. The molecule has 4 nitrogen and oxygen atoms in total. The van der Waals surface area contributed by atoms with Crippen LogP contribution in [-0.4, -0.2) is 47.4 Å². The molecule has 1 aliphatic heterocycles. The average molecular weight is 301 g/mol. The van der Waals surface area contributed by atoms with Crippen LogP contribution in [0.4, 0.5) is 13.2 Å². The van der Waals surface area contributed by atoms with Crippen LogP contribution in [0.25, 0.3) is 0 Å². The molecule has 7 heteroatoms. The number of pyridine rings is 1. The molecule has 0 unspecified atom stereocenters. The van der Waals surface area contributed by atoms with Gasteiger partial charge in [-0.1, -0.05) is 0 Å².